The fraction of sp³-hybridized carbons (Fsp3) is 0.333. The Hall–Kier alpha value is -2.28. The van der Waals surface area contributed by atoms with Gasteiger partial charge in [0.2, 0.25) is 0 Å². The van der Waals surface area contributed by atoms with Crippen LogP contribution in [0.15, 0.2) is 60.7 Å². The number of nitrogens with zero attached hydrogens (tertiary/aromatic N) is 1. The summed E-state index contributed by atoms with van der Waals surface area (Å²) in [5.74, 6) is 0. The van der Waals surface area contributed by atoms with Crippen molar-refractivity contribution in [1.29, 1.82) is 0 Å². The normalized spacial score (nSPS) is 16.1. The first-order valence-electron chi connectivity index (χ1n) is 9.60. The summed E-state index contributed by atoms with van der Waals surface area (Å²) in [6, 6.07) is 13.6. The lowest BCUT2D eigenvalue weighted by molar-refractivity contribution is 0.640. The highest BCUT2D eigenvalue weighted by Gasteiger charge is 2.35. The van der Waals surface area contributed by atoms with Crippen LogP contribution < -0.4 is 4.90 Å². The van der Waals surface area contributed by atoms with Gasteiger partial charge >= 0.3 is 0 Å². The quantitative estimate of drug-likeness (QED) is 0.565. The maximum absolute atomic E-state index is 2.51. The summed E-state index contributed by atoms with van der Waals surface area (Å²) in [4.78, 5) is 2.51. The van der Waals surface area contributed by atoms with Crippen LogP contribution in [0, 0.1) is 0 Å². The summed E-state index contributed by atoms with van der Waals surface area (Å²) in [7, 11) is 0. The third kappa shape index (κ3) is 2.37. The minimum Gasteiger partial charge on any atom is -0.372 e. The molecule has 0 amide bonds. The molecule has 0 saturated carbocycles. The van der Waals surface area contributed by atoms with E-state index in [1.165, 1.54) is 33.5 Å². The van der Waals surface area contributed by atoms with Gasteiger partial charge in [-0.1, -0.05) is 61.6 Å². The van der Waals surface area contributed by atoms with Crippen LogP contribution in [0.5, 0.6) is 0 Å². The van der Waals surface area contributed by atoms with E-state index in [9.17, 15) is 0 Å². The topological polar surface area (TPSA) is 3.24 Å². The summed E-state index contributed by atoms with van der Waals surface area (Å²) in [6.07, 6.45) is 11.4. The Kier molecular flexibility index (Phi) is 4.03. The molecule has 25 heavy (non-hydrogen) atoms. The molecule has 1 nitrogen and oxygen atoms in total. The van der Waals surface area contributed by atoms with Crippen molar-refractivity contribution in [1.82, 2.24) is 0 Å². The zero-order chi connectivity index (χ0) is 17.4. The molecule has 2 aromatic rings. The Bertz CT molecular complexity index is 840. The van der Waals surface area contributed by atoms with E-state index in [-0.39, 0.29) is 5.41 Å². The summed E-state index contributed by atoms with van der Waals surface area (Å²) in [6.45, 7) is 8.92. The molecule has 0 bridgehead atoms. The smallest absolute Gasteiger partial charge is 0.0414 e. The van der Waals surface area contributed by atoms with Gasteiger partial charge in [-0.25, -0.2) is 0 Å². The second-order valence-corrected chi connectivity index (χ2v) is 7.10. The van der Waals surface area contributed by atoms with E-state index in [0.29, 0.717) is 0 Å². The van der Waals surface area contributed by atoms with Crippen molar-refractivity contribution in [2.75, 3.05) is 18.0 Å². The molecule has 0 radical (unpaired) electrons. The summed E-state index contributed by atoms with van der Waals surface area (Å²) >= 11 is 0. The minimum atomic E-state index is 0.0330. The SMILES string of the molecule is CCN(CC)c1ccc2c(c1C1(CC)C=CC=C1)Cc1ccccc1-2. The molecular weight excluding hydrogens is 302 g/mol. The molecule has 128 valence electrons. The van der Waals surface area contributed by atoms with Crippen LogP contribution in [0.1, 0.15) is 43.9 Å². The van der Waals surface area contributed by atoms with Gasteiger partial charge in [-0.3, -0.25) is 0 Å². The molecule has 0 spiro atoms. The number of allylic oxidation sites excluding steroid dienone is 4. The van der Waals surface area contributed by atoms with Gasteiger partial charge in [-0.2, -0.15) is 0 Å². The number of rotatable bonds is 5. The van der Waals surface area contributed by atoms with Crippen molar-refractivity contribution in [3.8, 4) is 11.1 Å². The van der Waals surface area contributed by atoms with Crippen LogP contribution >= 0.6 is 0 Å². The van der Waals surface area contributed by atoms with E-state index in [0.717, 1.165) is 25.9 Å². The first kappa shape index (κ1) is 16.2. The van der Waals surface area contributed by atoms with Crippen molar-refractivity contribution in [3.05, 3.63) is 77.4 Å². The molecule has 0 fully saturated rings. The molecule has 2 aromatic carbocycles. The number of hydrogen-bond acceptors (Lipinski definition) is 1. The fourth-order valence-corrected chi connectivity index (χ4v) is 4.64. The molecule has 0 atom stereocenters. The van der Waals surface area contributed by atoms with Gasteiger partial charge in [0.1, 0.15) is 0 Å². The Morgan fingerprint density at radius 2 is 1.60 bits per heavy atom. The van der Waals surface area contributed by atoms with E-state index in [1.807, 2.05) is 0 Å². The van der Waals surface area contributed by atoms with Crippen LogP contribution in [-0.4, -0.2) is 13.1 Å². The molecule has 0 saturated heterocycles. The van der Waals surface area contributed by atoms with Crippen LogP contribution in [0.2, 0.25) is 0 Å². The lowest BCUT2D eigenvalue weighted by Gasteiger charge is -2.34. The number of benzene rings is 2. The molecule has 0 heterocycles. The van der Waals surface area contributed by atoms with Crippen molar-refractivity contribution >= 4 is 5.69 Å². The summed E-state index contributed by atoms with van der Waals surface area (Å²) < 4.78 is 0. The third-order valence-electron chi connectivity index (χ3n) is 6.02. The first-order chi connectivity index (χ1) is 12.2. The van der Waals surface area contributed by atoms with Crippen LogP contribution in [0.25, 0.3) is 11.1 Å². The van der Waals surface area contributed by atoms with Crippen LogP contribution in [0.4, 0.5) is 5.69 Å². The number of anilines is 1. The number of fused-ring (bicyclic) bond motifs is 3. The van der Waals surface area contributed by atoms with Gasteiger partial charge in [0, 0.05) is 24.2 Å². The van der Waals surface area contributed by atoms with E-state index < -0.39 is 0 Å². The molecule has 0 aliphatic heterocycles. The average molecular weight is 329 g/mol. The molecule has 0 N–H and O–H groups in total. The zero-order valence-corrected chi connectivity index (χ0v) is 15.5. The third-order valence-corrected chi connectivity index (χ3v) is 6.02. The van der Waals surface area contributed by atoms with Crippen molar-refractivity contribution in [2.24, 2.45) is 0 Å². The predicted molar refractivity (Wildman–Crippen MR) is 108 cm³/mol. The summed E-state index contributed by atoms with van der Waals surface area (Å²) in [5, 5.41) is 0. The molecular formula is C24H27N. The standard InChI is InChI=1S/C24H27N/c1-4-24(15-9-10-16-24)23-21-17-18-11-7-8-12-19(18)20(21)13-14-22(23)25(5-2)6-3/h7-16H,4-6,17H2,1-3H3. The van der Waals surface area contributed by atoms with Gasteiger partial charge in [0.15, 0.2) is 0 Å². The molecule has 1 heteroatoms. The molecule has 0 unspecified atom stereocenters. The van der Waals surface area contributed by atoms with E-state index in [4.69, 9.17) is 0 Å². The maximum Gasteiger partial charge on any atom is 0.0414 e. The lowest BCUT2D eigenvalue weighted by Crippen LogP contribution is -2.29. The van der Waals surface area contributed by atoms with Crippen LogP contribution in [0.3, 0.4) is 0 Å². The zero-order valence-electron chi connectivity index (χ0n) is 15.5. The average Bonchev–Trinajstić information content (AvgIpc) is 3.27. The monoisotopic (exact) mass is 329 g/mol. The molecule has 2 aliphatic carbocycles. The predicted octanol–water partition coefficient (Wildman–Crippen LogP) is 5.88. The Balaban J connectivity index is 1.99. The largest absolute Gasteiger partial charge is 0.372 e. The highest BCUT2D eigenvalue weighted by molar-refractivity contribution is 5.83. The summed E-state index contributed by atoms with van der Waals surface area (Å²) in [5.41, 5.74) is 8.82. The molecule has 2 aliphatic rings. The first-order valence-corrected chi connectivity index (χ1v) is 9.60. The molecule has 4 rings (SSSR count). The van der Waals surface area contributed by atoms with Gasteiger partial charge < -0.3 is 4.90 Å². The Morgan fingerprint density at radius 3 is 2.28 bits per heavy atom. The van der Waals surface area contributed by atoms with Gasteiger partial charge in [0.05, 0.1) is 0 Å². The van der Waals surface area contributed by atoms with Crippen molar-refractivity contribution in [2.45, 2.75) is 39.0 Å². The molecule has 0 aromatic heterocycles. The lowest BCUT2D eigenvalue weighted by atomic mass is 9.75. The second kappa shape index (κ2) is 6.22. The Labute approximate surface area is 151 Å². The van der Waals surface area contributed by atoms with E-state index in [1.54, 1.807) is 0 Å². The maximum atomic E-state index is 2.51. The highest BCUT2D eigenvalue weighted by atomic mass is 15.1. The fourth-order valence-electron chi connectivity index (χ4n) is 4.64. The van der Waals surface area contributed by atoms with Crippen molar-refractivity contribution < 1.29 is 0 Å². The van der Waals surface area contributed by atoms with Gasteiger partial charge in [0.25, 0.3) is 0 Å². The van der Waals surface area contributed by atoms with E-state index in [2.05, 4.69) is 86.4 Å². The number of hydrogen-bond donors (Lipinski definition) is 0. The minimum absolute atomic E-state index is 0.0330. The van der Waals surface area contributed by atoms with Gasteiger partial charge in [-0.05, 0) is 60.6 Å². The van der Waals surface area contributed by atoms with E-state index >= 15 is 0 Å². The van der Waals surface area contributed by atoms with Crippen molar-refractivity contribution in [3.63, 3.8) is 0 Å². The Morgan fingerprint density at radius 1 is 0.880 bits per heavy atom. The second-order valence-electron chi connectivity index (χ2n) is 7.10. The highest BCUT2D eigenvalue weighted by Crippen LogP contribution is 2.49. The van der Waals surface area contributed by atoms with Gasteiger partial charge in [-0.15, -0.1) is 0 Å². The van der Waals surface area contributed by atoms with Crippen LogP contribution in [-0.2, 0) is 11.8 Å².